The quantitative estimate of drug-likeness (QED) is 0.568. The molecule has 11 heteroatoms. The number of benzene rings is 1. The van der Waals surface area contributed by atoms with Crippen LogP contribution in [-0.2, 0) is 25.3 Å². The molecule has 33 heavy (non-hydrogen) atoms. The van der Waals surface area contributed by atoms with Crippen molar-refractivity contribution in [3.63, 3.8) is 0 Å². The van der Waals surface area contributed by atoms with Crippen LogP contribution in [0.5, 0.6) is 5.75 Å². The van der Waals surface area contributed by atoms with Crippen molar-refractivity contribution in [2.75, 3.05) is 50.9 Å². The van der Waals surface area contributed by atoms with Gasteiger partial charge < -0.3 is 19.1 Å². The summed E-state index contributed by atoms with van der Waals surface area (Å²) < 4.78 is 67.0. The van der Waals surface area contributed by atoms with E-state index in [4.69, 9.17) is 14.2 Å². The van der Waals surface area contributed by atoms with Gasteiger partial charge in [-0.3, -0.25) is 4.79 Å². The molecule has 0 aliphatic carbocycles. The summed E-state index contributed by atoms with van der Waals surface area (Å²) in [6.45, 7) is 6.83. The molecule has 1 atom stereocenters. The molecular formula is C22H31F3N2O5S. The second-order valence-corrected chi connectivity index (χ2v) is 11.0. The van der Waals surface area contributed by atoms with Crippen LogP contribution < -0.4 is 9.64 Å². The molecule has 0 aromatic heterocycles. The van der Waals surface area contributed by atoms with Gasteiger partial charge in [0, 0.05) is 45.1 Å². The van der Waals surface area contributed by atoms with Gasteiger partial charge in [0.25, 0.3) is 0 Å². The van der Waals surface area contributed by atoms with Gasteiger partial charge in [-0.1, -0.05) is 0 Å². The molecule has 2 saturated heterocycles. The van der Waals surface area contributed by atoms with Crippen LogP contribution in [-0.4, -0.2) is 77.0 Å². The van der Waals surface area contributed by atoms with E-state index in [9.17, 15) is 22.2 Å². The largest absolute Gasteiger partial charge is 0.484 e. The highest BCUT2D eigenvalue weighted by atomic mass is 32.2. The molecule has 7 nitrogen and oxygen atoms in total. The van der Waals surface area contributed by atoms with Crippen LogP contribution in [0.15, 0.2) is 24.3 Å². The maximum absolute atomic E-state index is 13.6. The number of hydrogen-bond acceptors (Lipinski definition) is 6. The lowest BCUT2D eigenvalue weighted by atomic mass is 9.99. The van der Waals surface area contributed by atoms with Crippen LogP contribution >= 0.6 is 0 Å². The first kappa shape index (κ1) is 25.8. The Kier molecular flexibility index (Phi) is 7.95. The second kappa shape index (κ2) is 10.2. The van der Waals surface area contributed by atoms with Gasteiger partial charge in [-0.05, 0) is 57.9 Å². The van der Waals surface area contributed by atoms with E-state index in [0.717, 1.165) is 5.69 Å². The lowest BCUT2D eigenvalue weighted by molar-refractivity contribution is -0.161. The van der Waals surface area contributed by atoms with Crippen molar-refractivity contribution in [3.05, 3.63) is 24.3 Å². The number of halogens is 3. The minimum Gasteiger partial charge on any atom is -0.484 e. The zero-order valence-electron chi connectivity index (χ0n) is 19.2. The molecule has 2 aliphatic rings. The van der Waals surface area contributed by atoms with Crippen LogP contribution in [0, 0.1) is 0 Å². The van der Waals surface area contributed by atoms with Gasteiger partial charge in [-0.15, -0.1) is 0 Å². The minimum absolute atomic E-state index is 0.148. The number of hydrogen-bond donors (Lipinski definition) is 0. The zero-order valence-corrected chi connectivity index (χ0v) is 20.0. The molecule has 0 N–H and O–H groups in total. The standard InChI is InChI=1S/C22H31F3N2O5S/c1-20(2,3)32-19(28)21(8-14-30-15-9-21)33(29)27-12-10-26(11-13-27)17-4-6-18(7-5-17)31-16-22(23,24)25/h4-7H,8-16H2,1-3H3. The van der Waals surface area contributed by atoms with Gasteiger partial charge in [0.05, 0.1) is 0 Å². The highest BCUT2D eigenvalue weighted by Gasteiger charge is 2.51. The molecule has 186 valence electrons. The number of carbonyl (C=O) groups excluding carboxylic acids is 1. The predicted molar refractivity (Wildman–Crippen MR) is 119 cm³/mol. The number of anilines is 1. The van der Waals surface area contributed by atoms with Crippen LogP contribution in [0.25, 0.3) is 0 Å². The number of rotatable bonds is 6. The van der Waals surface area contributed by atoms with Crippen LogP contribution in [0.1, 0.15) is 33.6 Å². The van der Waals surface area contributed by atoms with Crippen molar-refractivity contribution >= 4 is 22.6 Å². The van der Waals surface area contributed by atoms with E-state index in [-0.39, 0.29) is 5.75 Å². The summed E-state index contributed by atoms with van der Waals surface area (Å²) in [6.07, 6.45) is -3.70. The fraction of sp³-hybridized carbons (Fsp3) is 0.682. The summed E-state index contributed by atoms with van der Waals surface area (Å²) in [6, 6.07) is 6.42. The van der Waals surface area contributed by atoms with Crippen LogP contribution in [0.3, 0.4) is 0 Å². The lowest BCUT2D eigenvalue weighted by Crippen LogP contribution is -2.58. The van der Waals surface area contributed by atoms with E-state index in [0.29, 0.717) is 52.2 Å². The fourth-order valence-electron chi connectivity index (χ4n) is 3.80. The Morgan fingerprint density at radius 2 is 1.64 bits per heavy atom. The van der Waals surface area contributed by atoms with Gasteiger partial charge in [0.1, 0.15) is 22.3 Å². The molecule has 1 unspecified atom stereocenters. The highest BCUT2D eigenvalue weighted by molar-refractivity contribution is 7.85. The van der Waals surface area contributed by atoms with Gasteiger partial charge in [-0.25, -0.2) is 8.51 Å². The first-order valence-electron chi connectivity index (χ1n) is 10.9. The van der Waals surface area contributed by atoms with Gasteiger partial charge >= 0.3 is 12.1 Å². The predicted octanol–water partition coefficient (Wildman–Crippen LogP) is 3.30. The molecule has 3 rings (SSSR count). The van der Waals surface area contributed by atoms with Crippen LogP contribution in [0.4, 0.5) is 18.9 Å². The smallest absolute Gasteiger partial charge is 0.422 e. The van der Waals surface area contributed by atoms with E-state index in [2.05, 4.69) is 4.90 Å². The number of nitrogens with zero attached hydrogens (tertiary/aromatic N) is 2. The molecule has 1 aromatic rings. The van der Waals surface area contributed by atoms with Crippen molar-refractivity contribution in [2.45, 2.75) is 50.1 Å². The van der Waals surface area contributed by atoms with Crippen LogP contribution in [0.2, 0.25) is 0 Å². The van der Waals surface area contributed by atoms with E-state index in [1.54, 1.807) is 32.9 Å². The van der Waals surface area contributed by atoms with E-state index < -0.39 is 40.1 Å². The normalized spacial score (nSPS) is 20.8. The molecular weight excluding hydrogens is 461 g/mol. The summed E-state index contributed by atoms with van der Waals surface area (Å²) in [5.74, 6) is -0.303. The Bertz CT molecular complexity index is 828. The Labute approximate surface area is 194 Å². The third kappa shape index (κ3) is 6.83. The van der Waals surface area contributed by atoms with Crippen molar-refractivity contribution < 1.29 is 36.4 Å². The van der Waals surface area contributed by atoms with Gasteiger partial charge in [-0.2, -0.15) is 13.2 Å². The first-order chi connectivity index (χ1) is 15.4. The molecule has 2 fully saturated rings. The number of piperazine rings is 1. The Hall–Kier alpha value is -1.85. The molecule has 0 radical (unpaired) electrons. The van der Waals surface area contributed by atoms with Crippen molar-refractivity contribution in [2.24, 2.45) is 0 Å². The first-order valence-corrected chi connectivity index (χ1v) is 12.0. The Morgan fingerprint density at radius 1 is 1.06 bits per heavy atom. The third-order valence-corrected chi connectivity index (χ3v) is 7.56. The summed E-state index contributed by atoms with van der Waals surface area (Å²) in [5.41, 5.74) is 0.161. The molecule has 0 saturated carbocycles. The number of carbonyl (C=O) groups is 1. The second-order valence-electron chi connectivity index (χ2n) is 9.17. The lowest BCUT2D eigenvalue weighted by Gasteiger charge is -2.42. The van der Waals surface area contributed by atoms with Gasteiger partial charge in [0.2, 0.25) is 0 Å². The fourth-order valence-corrected chi connectivity index (χ4v) is 5.49. The maximum atomic E-state index is 13.6. The monoisotopic (exact) mass is 492 g/mol. The van der Waals surface area contributed by atoms with E-state index in [1.807, 2.05) is 4.31 Å². The number of ether oxygens (including phenoxy) is 3. The highest BCUT2D eigenvalue weighted by Crippen LogP contribution is 2.33. The molecule has 1 aromatic carbocycles. The molecule has 0 spiro atoms. The zero-order chi connectivity index (χ0) is 24.3. The summed E-state index contributed by atoms with van der Waals surface area (Å²) >= 11 is 0. The molecule has 2 aliphatic heterocycles. The van der Waals surface area contributed by atoms with E-state index in [1.165, 1.54) is 12.1 Å². The topological polar surface area (TPSA) is 68.3 Å². The number of esters is 1. The van der Waals surface area contributed by atoms with Crippen molar-refractivity contribution in [1.82, 2.24) is 4.31 Å². The SMILES string of the molecule is CC(C)(C)OC(=O)C1(S(=O)N2CCN(c3ccc(OCC(F)(F)F)cc3)CC2)CCOCC1. The third-order valence-electron chi connectivity index (χ3n) is 5.48. The molecule has 0 bridgehead atoms. The summed E-state index contributed by atoms with van der Waals surface area (Å²) in [5, 5.41) is 0. The van der Waals surface area contributed by atoms with Gasteiger partial charge in [0.15, 0.2) is 11.4 Å². The summed E-state index contributed by atoms with van der Waals surface area (Å²) in [7, 11) is -1.58. The number of alkyl halides is 3. The molecule has 2 heterocycles. The Balaban J connectivity index is 1.62. The summed E-state index contributed by atoms with van der Waals surface area (Å²) in [4.78, 5) is 15.1. The minimum atomic E-state index is -4.38. The average molecular weight is 493 g/mol. The average Bonchev–Trinajstić information content (AvgIpc) is 2.76. The maximum Gasteiger partial charge on any atom is 0.422 e. The molecule has 0 amide bonds. The van der Waals surface area contributed by atoms with Crippen molar-refractivity contribution in [3.8, 4) is 5.75 Å². The van der Waals surface area contributed by atoms with E-state index >= 15 is 0 Å². The Morgan fingerprint density at radius 3 is 2.15 bits per heavy atom. The van der Waals surface area contributed by atoms with Crippen molar-refractivity contribution in [1.29, 1.82) is 0 Å².